The highest BCUT2D eigenvalue weighted by atomic mass is 16.5. The molecular weight excluding hydrogens is 416 g/mol. The van der Waals surface area contributed by atoms with Crippen molar-refractivity contribution < 1.29 is 4.74 Å². The average molecular weight is 453 g/mol. The summed E-state index contributed by atoms with van der Waals surface area (Å²) < 4.78 is 5.68. The molecular formula is C31H36N2O. The fourth-order valence-corrected chi connectivity index (χ4v) is 7.32. The predicted octanol–water partition coefficient (Wildman–Crippen LogP) is 5.86. The number of para-hydroxylation sites is 1. The maximum atomic E-state index is 5.68. The van der Waals surface area contributed by atoms with E-state index in [1.165, 1.54) is 48.9 Å². The van der Waals surface area contributed by atoms with Gasteiger partial charge in [-0.2, -0.15) is 0 Å². The largest absolute Gasteiger partial charge is 0.496 e. The number of benzene rings is 3. The van der Waals surface area contributed by atoms with Crippen molar-refractivity contribution in [2.75, 3.05) is 13.7 Å². The molecule has 5 aliphatic rings. The molecule has 3 nitrogen and oxygen atoms in total. The van der Waals surface area contributed by atoms with E-state index in [1.54, 1.807) is 7.11 Å². The van der Waals surface area contributed by atoms with Gasteiger partial charge in [-0.05, 0) is 48.3 Å². The molecule has 4 bridgehead atoms. The van der Waals surface area contributed by atoms with E-state index >= 15 is 0 Å². The maximum absolute atomic E-state index is 5.68. The quantitative estimate of drug-likeness (QED) is 0.486. The molecule has 0 radical (unpaired) electrons. The van der Waals surface area contributed by atoms with Crippen LogP contribution in [-0.4, -0.2) is 36.7 Å². The molecule has 4 heterocycles. The van der Waals surface area contributed by atoms with Crippen LogP contribution in [0.4, 0.5) is 0 Å². The molecule has 4 aliphatic heterocycles. The van der Waals surface area contributed by atoms with Crippen LogP contribution in [0.25, 0.3) is 0 Å². The molecule has 0 aromatic heterocycles. The topological polar surface area (TPSA) is 24.5 Å². The summed E-state index contributed by atoms with van der Waals surface area (Å²) in [5, 5.41) is 4.11. The zero-order valence-corrected chi connectivity index (χ0v) is 20.1. The maximum Gasteiger partial charge on any atom is 0.123 e. The molecule has 1 N–H and O–H groups in total. The molecule has 3 aromatic carbocycles. The van der Waals surface area contributed by atoms with Crippen molar-refractivity contribution in [2.45, 2.75) is 56.3 Å². The van der Waals surface area contributed by atoms with Crippen LogP contribution in [0, 0.1) is 11.8 Å². The van der Waals surface area contributed by atoms with E-state index in [-0.39, 0.29) is 0 Å². The third kappa shape index (κ3) is 3.95. The Hall–Kier alpha value is -2.62. The molecule has 34 heavy (non-hydrogen) atoms. The molecule has 3 heteroatoms. The van der Waals surface area contributed by atoms with Gasteiger partial charge in [0.2, 0.25) is 0 Å². The lowest BCUT2D eigenvalue weighted by Crippen LogP contribution is -2.69. The van der Waals surface area contributed by atoms with Gasteiger partial charge in [-0.25, -0.2) is 0 Å². The second kappa shape index (κ2) is 9.56. The zero-order valence-electron chi connectivity index (χ0n) is 20.1. The van der Waals surface area contributed by atoms with Gasteiger partial charge in [-0.1, -0.05) is 85.3 Å². The van der Waals surface area contributed by atoms with Crippen LogP contribution in [-0.2, 0) is 6.54 Å². The number of methoxy groups -OCH3 is 1. The van der Waals surface area contributed by atoms with E-state index in [1.807, 2.05) is 0 Å². The van der Waals surface area contributed by atoms with Crippen molar-refractivity contribution in [1.82, 2.24) is 10.2 Å². The van der Waals surface area contributed by atoms with Gasteiger partial charge < -0.3 is 10.1 Å². The number of fused-ring (bicyclic) bond motifs is 3. The second-order valence-corrected chi connectivity index (χ2v) is 10.4. The highest BCUT2D eigenvalue weighted by Gasteiger charge is 2.54. The summed E-state index contributed by atoms with van der Waals surface area (Å²) >= 11 is 0. The third-order valence-electron chi connectivity index (χ3n) is 8.77. The predicted molar refractivity (Wildman–Crippen MR) is 138 cm³/mol. The number of rotatable bonds is 7. The van der Waals surface area contributed by atoms with Crippen molar-refractivity contribution in [3.05, 3.63) is 102 Å². The number of piperidine rings is 3. The molecule has 1 aliphatic carbocycles. The first-order valence-electron chi connectivity index (χ1n) is 13.0. The monoisotopic (exact) mass is 452 g/mol. The van der Waals surface area contributed by atoms with E-state index < -0.39 is 0 Å². The molecule has 5 fully saturated rings. The van der Waals surface area contributed by atoms with Crippen molar-refractivity contribution in [3.8, 4) is 5.75 Å². The fraction of sp³-hybridized carbons (Fsp3) is 0.419. The van der Waals surface area contributed by atoms with Crippen molar-refractivity contribution >= 4 is 0 Å². The molecule has 4 saturated heterocycles. The summed E-state index contributed by atoms with van der Waals surface area (Å²) in [7, 11) is 1.78. The standard InChI is InChI=1S/C31H36N2O/c1-34-28-18-9-8-15-24(28)20-32-30-27-19-26-17-10-16-25(27)21-33(26)31(30)29(22-11-4-2-5-12-22)23-13-6-3-7-14-23/h2-9,11-15,18,25-27,29-32H,10,16-17,19-21H2,1H3/t25?,26?,27?,30?,31-/m0/s1. The minimum absolute atomic E-state index is 0.363. The average Bonchev–Trinajstić information content (AvgIpc) is 3.22. The van der Waals surface area contributed by atoms with E-state index in [2.05, 4.69) is 95.1 Å². The Morgan fingerprint density at radius 3 is 2.26 bits per heavy atom. The summed E-state index contributed by atoms with van der Waals surface area (Å²) in [6, 6.07) is 32.6. The number of hydrogen-bond acceptors (Lipinski definition) is 3. The van der Waals surface area contributed by atoms with E-state index in [0.717, 1.165) is 30.2 Å². The first-order valence-corrected chi connectivity index (χ1v) is 13.0. The Kier molecular flexibility index (Phi) is 6.15. The summed E-state index contributed by atoms with van der Waals surface area (Å²) in [6.07, 6.45) is 5.48. The van der Waals surface area contributed by atoms with Crippen LogP contribution in [0.2, 0.25) is 0 Å². The van der Waals surface area contributed by atoms with Crippen LogP contribution in [0.15, 0.2) is 84.9 Å². The highest BCUT2D eigenvalue weighted by Crippen LogP contribution is 2.50. The number of ether oxygens (including phenoxy) is 1. The van der Waals surface area contributed by atoms with E-state index in [0.29, 0.717) is 18.0 Å². The van der Waals surface area contributed by atoms with Gasteiger partial charge in [0, 0.05) is 42.7 Å². The Morgan fingerprint density at radius 1 is 0.882 bits per heavy atom. The number of nitrogens with one attached hydrogen (secondary N) is 1. The van der Waals surface area contributed by atoms with Crippen LogP contribution < -0.4 is 10.1 Å². The Labute approximate surface area is 204 Å². The molecule has 6 atom stereocenters. The minimum Gasteiger partial charge on any atom is -0.496 e. The molecule has 1 saturated carbocycles. The number of nitrogens with zero attached hydrogens (tertiary/aromatic N) is 1. The summed E-state index contributed by atoms with van der Waals surface area (Å²) in [5.74, 6) is 2.90. The summed E-state index contributed by atoms with van der Waals surface area (Å²) in [6.45, 7) is 2.12. The van der Waals surface area contributed by atoms with Gasteiger partial charge in [0.25, 0.3) is 0 Å². The van der Waals surface area contributed by atoms with Gasteiger partial charge in [0.1, 0.15) is 5.75 Å². The lowest BCUT2D eigenvalue weighted by atomic mass is 9.65. The van der Waals surface area contributed by atoms with Gasteiger partial charge in [-0.3, -0.25) is 4.90 Å². The molecule has 0 amide bonds. The molecule has 8 rings (SSSR count). The van der Waals surface area contributed by atoms with Crippen LogP contribution in [0.3, 0.4) is 0 Å². The van der Waals surface area contributed by atoms with Gasteiger partial charge in [0.15, 0.2) is 0 Å². The minimum atomic E-state index is 0.363. The first-order chi connectivity index (χ1) is 16.8. The lowest BCUT2D eigenvalue weighted by molar-refractivity contribution is -0.0646. The Bertz CT molecular complexity index is 1050. The van der Waals surface area contributed by atoms with Crippen LogP contribution in [0.1, 0.15) is 48.3 Å². The molecule has 176 valence electrons. The lowest BCUT2D eigenvalue weighted by Gasteiger charge is -2.59. The summed E-state index contributed by atoms with van der Waals surface area (Å²) in [5.41, 5.74) is 4.12. The second-order valence-electron chi connectivity index (χ2n) is 10.4. The van der Waals surface area contributed by atoms with Gasteiger partial charge >= 0.3 is 0 Å². The van der Waals surface area contributed by atoms with Crippen molar-refractivity contribution in [2.24, 2.45) is 11.8 Å². The molecule has 0 spiro atoms. The SMILES string of the molecule is COc1ccccc1CNC1C2CC3CCCC2CN3[C@H]1C(c1ccccc1)c1ccccc1. The third-order valence-corrected chi connectivity index (χ3v) is 8.77. The van der Waals surface area contributed by atoms with Gasteiger partial charge in [0.05, 0.1) is 7.11 Å². The van der Waals surface area contributed by atoms with Crippen molar-refractivity contribution in [1.29, 1.82) is 0 Å². The Balaban J connectivity index is 1.40. The van der Waals surface area contributed by atoms with Crippen molar-refractivity contribution in [3.63, 3.8) is 0 Å². The molecule has 3 aromatic rings. The van der Waals surface area contributed by atoms with E-state index in [4.69, 9.17) is 4.74 Å². The number of hydrogen-bond donors (Lipinski definition) is 1. The van der Waals surface area contributed by atoms with Crippen LogP contribution >= 0.6 is 0 Å². The first kappa shape index (κ1) is 21.9. The van der Waals surface area contributed by atoms with Gasteiger partial charge in [-0.15, -0.1) is 0 Å². The zero-order chi connectivity index (χ0) is 22.9. The Morgan fingerprint density at radius 2 is 1.56 bits per heavy atom. The smallest absolute Gasteiger partial charge is 0.123 e. The highest BCUT2D eigenvalue weighted by molar-refractivity contribution is 5.37. The normalized spacial score (nSPS) is 29.8. The fourth-order valence-electron chi connectivity index (χ4n) is 7.32. The van der Waals surface area contributed by atoms with E-state index in [9.17, 15) is 0 Å². The van der Waals surface area contributed by atoms with Crippen LogP contribution in [0.5, 0.6) is 5.75 Å². The summed E-state index contributed by atoms with van der Waals surface area (Å²) in [4.78, 5) is 2.92. The molecule has 5 unspecified atom stereocenters.